The van der Waals surface area contributed by atoms with Crippen LogP contribution in [0.25, 0.3) is 0 Å². The molecule has 0 spiro atoms. The number of thiophene rings is 1. The van der Waals surface area contributed by atoms with Gasteiger partial charge in [0.05, 0.1) is 13.2 Å². The molecule has 1 saturated carbocycles. The van der Waals surface area contributed by atoms with Crippen LogP contribution in [0, 0.1) is 5.92 Å². The van der Waals surface area contributed by atoms with Crippen molar-refractivity contribution in [1.82, 2.24) is 10.2 Å². The van der Waals surface area contributed by atoms with E-state index < -0.39 is 0 Å². The van der Waals surface area contributed by atoms with E-state index in [1.54, 1.807) is 0 Å². The number of nitrogens with one attached hydrogen (secondary N) is 1. The summed E-state index contributed by atoms with van der Waals surface area (Å²) in [6, 6.07) is 5.58. The van der Waals surface area contributed by atoms with Crippen LogP contribution in [0.15, 0.2) is 17.5 Å². The Morgan fingerprint density at radius 1 is 1.42 bits per heavy atom. The lowest BCUT2D eigenvalue weighted by Gasteiger charge is -2.31. The fourth-order valence-electron chi connectivity index (χ4n) is 2.88. The minimum absolute atomic E-state index is 0.547. The molecule has 1 aromatic rings. The van der Waals surface area contributed by atoms with Gasteiger partial charge < -0.3 is 10.1 Å². The van der Waals surface area contributed by atoms with Gasteiger partial charge in [0.15, 0.2) is 0 Å². The molecule has 1 aromatic heterocycles. The van der Waals surface area contributed by atoms with E-state index in [1.165, 1.54) is 17.7 Å². The molecular weight excluding hydrogens is 256 g/mol. The number of rotatable bonds is 6. The summed E-state index contributed by atoms with van der Waals surface area (Å²) < 4.78 is 5.41. The summed E-state index contributed by atoms with van der Waals surface area (Å²) in [5.41, 5.74) is 0. The van der Waals surface area contributed by atoms with Gasteiger partial charge in [0.25, 0.3) is 0 Å². The van der Waals surface area contributed by atoms with Gasteiger partial charge in [-0.3, -0.25) is 4.90 Å². The second kappa shape index (κ2) is 6.35. The summed E-state index contributed by atoms with van der Waals surface area (Å²) in [5.74, 6) is 0.866. The van der Waals surface area contributed by atoms with E-state index in [0.717, 1.165) is 38.8 Å². The SMILES string of the molecule is CC(CN1CCOCC1)NC(c1cccs1)C1CC1. The Morgan fingerprint density at radius 3 is 2.84 bits per heavy atom. The van der Waals surface area contributed by atoms with Gasteiger partial charge >= 0.3 is 0 Å². The second-order valence-corrected chi connectivity index (χ2v) is 6.79. The summed E-state index contributed by atoms with van der Waals surface area (Å²) in [7, 11) is 0. The zero-order valence-electron chi connectivity index (χ0n) is 11.7. The highest BCUT2D eigenvalue weighted by Crippen LogP contribution is 2.42. The van der Waals surface area contributed by atoms with Crippen LogP contribution in [0.4, 0.5) is 0 Å². The second-order valence-electron chi connectivity index (χ2n) is 5.81. The summed E-state index contributed by atoms with van der Waals surface area (Å²) >= 11 is 1.89. The van der Waals surface area contributed by atoms with Gasteiger partial charge in [-0.2, -0.15) is 0 Å². The van der Waals surface area contributed by atoms with Crippen LogP contribution >= 0.6 is 11.3 Å². The Kier molecular flexibility index (Phi) is 4.53. The molecule has 2 fully saturated rings. The normalized spacial score (nSPS) is 24.3. The Labute approximate surface area is 119 Å². The zero-order valence-corrected chi connectivity index (χ0v) is 12.5. The van der Waals surface area contributed by atoms with Crippen LogP contribution in [-0.4, -0.2) is 43.8 Å². The summed E-state index contributed by atoms with van der Waals surface area (Å²) in [4.78, 5) is 4.02. The van der Waals surface area contributed by atoms with Crippen molar-refractivity contribution in [2.45, 2.75) is 31.8 Å². The van der Waals surface area contributed by atoms with Crippen LogP contribution < -0.4 is 5.32 Å². The summed E-state index contributed by atoms with van der Waals surface area (Å²) in [6.45, 7) is 7.40. The molecule has 2 heterocycles. The Hall–Kier alpha value is -0.420. The molecule has 0 radical (unpaired) electrons. The highest BCUT2D eigenvalue weighted by molar-refractivity contribution is 7.10. The monoisotopic (exact) mass is 280 g/mol. The van der Waals surface area contributed by atoms with Gasteiger partial charge in [-0.15, -0.1) is 11.3 Å². The largest absolute Gasteiger partial charge is 0.379 e. The number of morpholine rings is 1. The molecule has 2 atom stereocenters. The Morgan fingerprint density at radius 2 is 2.21 bits per heavy atom. The minimum atomic E-state index is 0.547. The third kappa shape index (κ3) is 3.78. The summed E-state index contributed by atoms with van der Waals surface area (Å²) in [5, 5.41) is 6.05. The average molecular weight is 280 g/mol. The molecule has 1 aliphatic heterocycles. The predicted octanol–water partition coefficient (Wildman–Crippen LogP) is 2.51. The van der Waals surface area contributed by atoms with Crippen LogP contribution in [0.2, 0.25) is 0 Å². The number of hydrogen-bond acceptors (Lipinski definition) is 4. The molecule has 1 saturated heterocycles. The van der Waals surface area contributed by atoms with E-state index in [1.807, 2.05) is 11.3 Å². The molecule has 106 valence electrons. The first-order valence-corrected chi connectivity index (χ1v) is 8.30. The van der Waals surface area contributed by atoms with Crippen molar-refractivity contribution in [3.63, 3.8) is 0 Å². The molecule has 1 N–H and O–H groups in total. The third-order valence-corrected chi connectivity index (χ3v) is 5.00. The van der Waals surface area contributed by atoms with Crippen LogP contribution in [0.5, 0.6) is 0 Å². The van der Waals surface area contributed by atoms with Crippen molar-refractivity contribution in [3.05, 3.63) is 22.4 Å². The molecule has 0 amide bonds. The molecule has 2 unspecified atom stereocenters. The molecule has 1 aliphatic carbocycles. The zero-order chi connectivity index (χ0) is 13.1. The highest BCUT2D eigenvalue weighted by Gasteiger charge is 2.33. The third-order valence-electron chi connectivity index (χ3n) is 4.04. The van der Waals surface area contributed by atoms with Gasteiger partial charge in [-0.25, -0.2) is 0 Å². The summed E-state index contributed by atoms with van der Waals surface area (Å²) in [6.07, 6.45) is 2.78. The van der Waals surface area contributed by atoms with Crippen molar-refractivity contribution >= 4 is 11.3 Å². The molecule has 3 rings (SSSR count). The van der Waals surface area contributed by atoms with Crippen molar-refractivity contribution in [2.24, 2.45) is 5.92 Å². The minimum Gasteiger partial charge on any atom is -0.379 e. The van der Waals surface area contributed by atoms with E-state index in [2.05, 4.69) is 34.7 Å². The van der Waals surface area contributed by atoms with Crippen molar-refractivity contribution < 1.29 is 4.74 Å². The highest BCUT2D eigenvalue weighted by atomic mass is 32.1. The Bertz CT molecular complexity index is 372. The first kappa shape index (κ1) is 13.6. The van der Waals surface area contributed by atoms with Crippen molar-refractivity contribution in [3.8, 4) is 0 Å². The molecule has 3 nitrogen and oxygen atoms in total. The maximum absolute atomic E-state index is 5.41. The van der Waals surface area contributed by atoms with Gasteiger partial charge in [0, 0.05) is 36.6 Å². The topological polar surface area (TPSA) is 24.5 Å². The molecular formula is C15H24N2OS. The lowest BCUT2D eigenvalue weighted by atomic mass is 10.1. The molecule has 19 heavy (non-hydrogen) atoms. The van der Waals surface area contributed by atoms with Gasteiger partial charge in [-0.05, 0) is 37.1 Å². The maximum atomic E-state index is 5.41. The van der Waals surface area contributed by atoms with E-state index in [9.17, 15) is 0 Å². The number of hydrogen-bond donors (Lipinski definition) is 1. The quantitative estimate of drug-likeness (QED) is 0.866. The fraction of sp³-hybridized carbons (Fsp3) is 0.733. The maximum Gasteiger partial charge on any atom is 0.0594 e. The molecule has 0 aromatic carbocycles. The lowest BCUT2D eigenvalue weighted by molar-refractivity contribution is 0.0337. The smallest absolute Gasteiger partial charge is 0.0594 e. The van der Waals surface area contributed by atoms with E-state index in [-0.39, 0.29) is 0 Å². The van der Waals surface area contributed by atoms with Gasteiger partial charge in [0.1, 0.15) is 0 Å². The molecule has 4 heteroatoms. The van der Waals surface area contributed by atoms with Crippen molar-refractivity contribution in [1.29, 1.82) is 0 Å². The lowest BCUT2D eigenvalue weighted by Crippen LogP contribution is -2.45. The standard InChI is InChI=1S/C15H24N2OS/c1-12(11-17-6-8-18-9-7-17)16-15(13-4-5-13)14-3-2-10-19-14/h2-3,10,12-13,15-16H,4-9,11H2,1H3. The average Bonchev–Trinajstić information content (AvgIpc) is 3.12. The van der Waals surface area contributed by atoms with Crippen LogP contribution in [0.3, 0.4) is 0 Å². The van der Waals surface area contributed by atoms with E-state index in [4.69, 9.17) is 4.74 Å². The number of nitrogens with zero attached hydrogens (tertiary/aromatic N) is 1. The van der Waals surface area contributed by atoms with Crippen LogP contribution in [0.1, 0.15) is 30.7 Å². The number of ether oxygens (including phenoxy) is 1. The first-order chi connectivity index (χ1) is 9.33. The predicted molar refractivity (Wildman–Crippen MR) is 79.6 cm³/mol. The molecule has 0 bridgehead atoms. The Balaban J connectivity index is 1.53. The fourth-order valence-corrected chi connectivity index (χ4v) is 3.76. The van der Waals surface area contributed by atoms with Gasteiger partial charge in [-0.1, -0.05) is 6.07 Å². The van der Waals surface area contributed by atoms with Crippen molar-refractivity contribution in [2.75, 3.05) is 32.8 Å². The first-order valence-electron chi connectivity index (χ1n) is 7.42. The van der Waals surface area contributed by atoms with Gasteiger partial charge in [0.2, 0.25) is 0 Å². The molecule has 2 aliphatic rings. The van der Waals surface area contributed by atoms with E-state index >= 15 is 0 Å². The van der Waals surface area contributed by atoms with E-state index in [0.29, 0.717) is 12.1 Å². The van der Waals surface area contributed by atoms with Crippen LogP contribution in [-0.2, 0) is 4.74 Å².